The molecule has 1 saturated heterocycles. The molecule has 0 saturated carbocycles. The molecule has 2 aliphatic heterocycles. The van der Waals surface area contributed by atoms with Gasteiger partial charge >= 0.3 is 0 Å². The van der Waals surface area contributed by atoms with Gasteiger partial charge in [0.25, 0.3) is 0 Å². The molecule has 37 heavy (non-hydrogen) atoms. The van der Waals surface area contributed by atoms with E-state index in [9.17, 15) is 24.3 Å². The minimum atomic E-state index is -0.647. The molecule has 6 rings (SSSR count). The Morgan fingerprint density at radius 3 is 2.54 bits per heavy atom. The van der Waals surface area contributed by atoms with Crippen LogP contribution in [-0.2, 0) is 25.6 Å². The van der Waals surface area contributed by atoms with Gasteiger partial charge in [0.2, 0.25) is 11.8 Å². The van der Waals surface area contributed by atoms with Crippen LogP contribution in [-0.4, -0.2) is 38.9 Å². The first kappa shape index (κ1) is 23.6. The molecule has 1 N–H and O–H groups in total. The van der Waals surface area contributed by atoms with E-state index in [4.69, 9.17) is 4.74 Å². The summed E-state index contributed by atoms with van der Waals surface area (Å²) in [6.07, 6.45) is 6.13. The Morgan fingerprint density at radius 1 is 1.05 bits per heavy atom. The van der Waals surface area contributed by atoms with Gasteiger partial charge in [-0.25, -0.2) is 0 Å². The van der Waals surface area contributed by atoms with E-state index in [0.717, 1.165) is 16.7 Å². The molecule has 0 radical (unpaired) electrons. The smallest absolute Gasteiger partial charge is 0.234 e. The minimum absolute atomic E-state index is 0.116. The van der Waals surface area contributed by atoms with Gasteiger partial charge in [-0.05, 0) is 76.3 Å². The molecule has 2 heterocycles. The second kappa shape index (κ2) is 7.88. The summed E-state index contributed by atoms with van der Waals surface area (Å²) >= 11 is 0. The maximum Gasteiger partial charge on any atom is 0.234 e. The highest BCUT2D eigenvalue weighted by molar-refractivity contribution is 6.23. The lowest BCUT2D eigenvalue weighted by molar-refractivity contribution is -0.145. The summed E-state index contributed by atoms with van der Waals surface area (Å²) in [6.45, 7) is 7.21. The van der Waals surface area contributed by atoms with Gasteiger partial charge in [0.05, 0.1) is 18.1 Å². The average molecular weight is 500 g/mol. The summed E-state index contributed by atoms with van der Waals surface area (Å²) in [4.78, 5) is 55.2. The van der Waals surface area contributed by atoms with Crippen molar-refractivity contribution in [3.63, 3.8) is 0 Å². The third-order valence-electron chi connectivity index (χ3n) is 8.38. The topological polar surface area (TPSA) is 101 Å². The van der Waals surface area contributed by atoms with Crippen LogP contribution in [0.25, 0.3) is 0 Å². The number of ether oxygens (including phenoxy) is 1. The number of hydrogen-bond acceptors (Lipinski definition) is 6. The van der Waals surface area contributed by atoms with Crippen molar-refractivity contribution < 1.29 is 29.0 Å². The van der Waals surface area contributed by atoms with Crippen LogP contribution in [0.15, 0.2) is 64.5 Å². The molecule has 190 valence electrons. The van der Waals surface area contributed by atoms with Crippen LogP contribution in [0.4, 0.5) is 0 Å². The van der Waals surface area contributed by atoms with Crippen LogP contribution >= 0.6 is 0 Å². The zero-order valence-corrected chi connectivity index (χ0v) is 21.3. The Bertz CT molecular complexity index is 1430. The number of rotatable bonds is 1. The molecule has 7 heteroatoms. The van der Waals surface area contributed by atoms with Gasteiger partial charge in [-0.2, -0.15) is 0 Å². The Hall–Kier alpha value is -3.74. The van der Waals surface area contributed by atoms with Crippen LogP contribution in [0.2, 0.25) is 0 Å². The van der Waals surface area contributed by atoms with Crippen LogP contribution < -0.4 is 4.74 Å². The molecule has 0 spiro atoms. The summed E-state index contributed by atoms with van der Waals surface area (Å²) in [5, 5.41) is 10.0. The van der Waals surface area contributed by atoms with E-state index in [0.29, 0.717) is 35.3 Å². The number of fused-ring (bicyclic) bond motifs is 4. The fourth-order valence-corrected chi connectivity index (χ4v) is 6.83. The molecule has 1 aromatic rings. The van der Waals surface area contributed by atoms with E-state index in [-0.39, 0.29) is 41.5 Å². The Labute approximate surface area is 215 Å². The molecule has 3 aliphatic carbocycles. The van der Waals surface area contributed by atoms with Crippen LogP contribution in [0.3, 0.4) is 0 Å². The lowest BCUT2D eigenvalue weighted by Crippen LogP contribution is -2.46. The van der Waals surface area contributed by atoms with Crippen LogP contribution in [0, 0.1) is 23.7 Å². The van der Waals surface area contributed by atoms with E-state index >= 15 is 0 Å². The lowest BCUT2D eigenvalue weighted by Gasteiger charge is -2.43. The predicted octanol–water partition coefficient (Wildman–Crippen LogP) is 3.97. The summed E-state index contributed by atoms with van der Waals surface area (Å²) in [5.74, 6) is -1.94. The van der Waals surface area contributed by atoms with E-state index in [1.54, 1.807) is 31.4 Å². The predicted molar refractivity (Wildman–Crippen MR) is 134 cm³/mol. The van der Waals surface area contributed by atoms with Gasteiger partial charge < -0.3 is 9.84 Å². The number of hydrogen-bond donors (Lipinski definition) is 1. The molecule has 5 aliphatic rings. The first-order valence-electron chi connectivity index (χ1n) is 12.7. The van der Waals surface area contributed by atoms with Gasteiger partial charge in [0.1, 0.15) is 11.5 Å². The number of phenols is 1. The van der Waals surface area contributed by atoms with Gasteiger partial charge in [-0.3, -0.25) is 24.1 Å². The van der Waals surface area contributed by atoms with E-state index in [2.05, 4.69) is 0 Å². The molecule has 1 aromatic carbocycles. The number of phenolic OH excluding ortho intramolecular Hbond substituents is 1. The molecular weight excluding hydrogens is 470 g/mol. The zero-order chi connectivity index (χ0) is 26.4. The van der Waals surface area contributed by atoms with Crippen molar-refractivity contribution in [1.82, 2.24) is 4.90 Å². The van der Waals surface area contributed by atoms with Crippen LogP contribution in [0.1, 0.15) is 46.1 Å². The van der Waals surface area contributed by atoms with Gasteiger partial charge in [-0.15, -0.1) is 0 Å². The number of imide groups is 1. The number of ketones is 2. The SMILES string of the molecule is CC1=CC(=O)C2=C(C1=O)[C@@H](C1=COc3ccc(O)cc3C1)C1=CC[C@@H]3C(=O)N(C(C)(C)C)C(=O)[C@@H]3[C@@H]1C2. The third kappa shape index (κ3) is 3.40. The maximum absolute atomic E-state index is 13.7. The lowest BCUT2D eigenvalue weighted by atomic mass is 9.58. The van der Waals surface area contributed by atoms with Crippen molar-refractivity contribution in [2.24, 2.45) is 23.7 Å². The number of carbonyl (C=O) groups is 4. The quantitative estimate of drug-likeness (QED) is 0.357. The third-order valence-corrected chi connectivity index (χ3v) is 8.38. The highest BCUT2D eigenvalue weighted by Gasteiger charge is 2.58. The fraction of sp³-hybridized carbons (Fsp3) is 0.400. The van der Waals surface area contributed by atoms with E-state index < -0.39 is 23.3 Å². The molecule has 1 fully saturated rings. The van der Waals surface area contributed by atoms with Crippen molar-refractivity contribution in [2.45, 2.75) is 52.5 Å². The normalized spacial score (nSPS) is 29.1. The second-order valence-electron chi connectivity index (χ2n) is 11.7. The van der Waals surface area contributed by atoms with Crippen molar-refractivity contribution >= 4 is 23.4 Å². The van der Waals surface area contributed by atoms with Gasteiger partial charge in [0, 0.05) is 40.2 Å². The highest BCUT2D eigenvalue weighted by Crippen LogP contribution is 2.55. The number of Topliss-reactive ketones (excluding diaryl/α,β-unsaturated/α-hetero) is 1. The number of amides is 2. The fourth-order valence-electron chi connectivity index (χ4n) is 6.83. The zero-order valence-electron chi connectivity index (χ0n) is 21.3. The molecular formula is C30H29NO6. The van der Waals surface area contributed by atoms with Crippen LogP contribution in [0.5, 0.6) is 11.5 Å². The van der Waals surface area contributed by atoms with Gasteiger partial charge in [-0.1, -0.05) is 11.6 Å². The van der Waals surface area contributed by atoms with E-state index in [1.807, 2.05) is 26.8 Å². The summed E-state index contributed by atoms with van der Waals surface area (Å²) in [6, 6.07) is 4.89. The standard InChI is InChI=1S/C30H29NO6/c1-14-9-22(33)21-12-20-18(6-7-19-25(20)29(36)31(28(19)35)30(2,3)4)24(26(21)27(14)34)16-10-15-11-17(32)5-8-23(15)37-13-16/h5-6,8-9,11,13,19-20,24-25,32H,7,10,12H2,1-4H3/t19-,20+,24-,25-/m0/s1. The van der Waals surface area contributed by atoms with Gasteiger partial charge in [0.15, 0.2) is 11.6 Å². The summed E-state index contributed by atoms with van der Waals surface area (Å²) in [5.41, 5.74) is 3.11. The average Bonchev–Trinajstić information content (AvgIpc) is 3.11. The molecule has 0 unspecified atom stereocenters. The monoisotopic (exact) mass is 499 g/mol. The summed E-state index contributed by atoms with van der Waals surface area (Å²) in [7, 11) is 0. The molecule has 2 amide bonds. The number of benzene rings is 1. The number of aromatic hydroxyl groups is 1. The van der Waals surface area contributed by atoms with E-state index in [1.165, 1.54) is 11.0 Å². The van der Waals surface area contributed by atoms with Crippen molar-refractivity contribution in [3.05, 3.63) is 70.0 Å². The summed E-state index contributed by atoms with van der Waals surface area (Å²) < 4.78 is 5.92. The minimum Gasteiger partial charge on any atom is -0.508 e. The molecule has 4 atom stereocenters. The van der Waals surface area contributed by atoms with Crippen molar-refractivity contribution in [2.75, 3.05) is 0 Å². The largest absolute Gasteiger partial charge is 0.508 e. The Kier molecular flexibility index (Phi) is 5.03. The first-order chi connectivity index (χ1) is 17.5. The highest BCUT2D eigenvalue weighted by atomic mass is 16.5. The second-order valence-corrected chi connectivity index (χ2v) is 11.7. The molecule has 0 bridgehead atoms. The van der Waals surface area contributed by atoms with Crippen molar-refractivity contribution in [3.8, 4) is 11.5 Å². The number of likely N-dealkylation sites (tertiary alicyclic amines) is 1. The van der Waals surface area contributed by atoms with Crippen molar-refractivity contribution in [1.29, 1.82) is 0 Å². The Balaban J connectivity index is 1.48. The molecule has 0 aromatic heterocycles. The molecule has 7 nitrogen and oxygen atoms in total. The first-order valence-corrected chi connectivity index (χ1v) is 12.7. The maximum atomic E-state index is 13.7. The number of carbonyl (C=O) groups excluding carboxylic acids is 4. The number of allylic oxidation sites excluding steroid dienone is 7. The number of nitrogens with zero attached hydrogens (tertiary/aromatic N) is 1. The Morgan fingerprint density at radius 2 is 1.81 bits per heavy atom.